The van der Waals surface area contributed by atoms with E-state index in [-0.39, 0.29) is 38.2 Å². The van der Waals surface area contributed by atoms with Crippen LogP contribution < -0.4 is 0 Å². The molecule has 0 amide bonds. The maximum absolute atomic E-state index is 12.6. The zero-order valence-corrected chi connectivity index (χ0v) is 16.4. The molecule has 0 N–H and O–H groups in total. The van der Waals surface area contributed by atoms with Gasteiger partial charge >= 0.3 is 0 Å². The largest absolute Gasteiger partial charge is 0.436 e. The van der Waals surface area contributed by atoms with Crippen molar-refractivity contribution < 1.29 is 18.4 Å². The van der Waals surface area contributed by atoms with E-state index in [1.54, 1.807) is 30.3 Å². The average molecular weight is 435 g/mol. The minimum atomic E-state index is -0.451. The van der Waals surface area contributed by atoms with E-state index in [0.29, 0.717) is 22.6 Å². The van der Waals surface area contributed by atoms with Crippen molar-refractivity contribution in [3.05, 3.63) is 80.5 Å². The van der Waals surface area contributed by atoms with Gasteiger partial charge in [0.05, 0.1) is 27.3 Å². The van der Waals surface area contributed by atoms with Gasteiger partial charge in [0.25, 0.3) is 5.71 Å². The number of carbonyl (C=O) groups is 2. The van der Waals surface area contributed by atoms with E-state index in [4.69, 9.17) is 37.3 Å². The second-order valence-electron chi connectivity index (χ2n) is 6.55. The third-order valence-corrected chi connectivity index (χ3v) is 5.42. The molecule has 2 aromatic heterocycles. The van der Waals surface area contributed by atoms with Crippen molar-refractivity contribution in [1.82, 2.24) is 4.98 Å². The molecular weight excluding hydrogens is 427 g/mol. The van der Waals surface area contributed by atoms with E-state index < -0.39 is 11.6 Å². The molecule has 1 aliphatic carbocycles. The van der Waals surface area contributed by atoms with Crippen LogP contribution in [0.1, 0.15) is 32.0 Å². The summed E-state index contributed by atoms with van der Waals surface area (Å²) in [6.07, 6.45) is 1.35. The highest BCUT2D eigenvalue weighted by atomic mass is 35.5. The van der Waals surface area contributed by atoms with E-state index in [1.165, 1.54) is 18.2 Å². The number of nitrogens with zero attached hydrogens (tertiary/aromatic N) is 2. The summed E-state index contributed by atoms with van der Waals surface area (Å²) in [7, 11) is 0. The lowest BCUT2D eigenvalue weighted by Crippen LogP contribution is -1.99. The van der Waals surface area contributed by atoms with E-state index in [1.807, 2.05) is 6.07 Å². The molecule has 5 rings (SSSR count). The van der Waals surface area contributed by atoms with Crippen LogP contribution in [0.4, 0.5) is 0 Å². The number of carbonyl (C=O) groups excluding carboxylic acids is 2. The second kappa shape index (κ2) is 6.70. The number of aromatic nitrogens is 1. The fourth-order valence-electron chi connectivity index (χ4n) is 3.22. The molecule has 0 bridgehead atoms. The number of rotatable bonds is 2. The first-order valence-corrected chi connectivity index (χ1v) is 9.41. The van der Waals surface area contributed by atoms with Gasteiger partial charge in [-0.1, -0.05) is 23.2 Å². The maximum atomic E-state index is 12.6. The highest BCUT2D eigenvalue weighted by Crippen LogP contribution is 2.35. The molecule has 0 saturated carbocycles. The van der Waals surface area contributed by atoms with Crippen LogP contribution >= 0.6 is 23.2 Å². The summed E-state index contributed by atoms with van der Waals surface area (Å²) in [6.45, 7) is 0. The summed E-state index contributed by atoms with van der Waals surface area (Å²) < 4.78 is 11.3. The minimum Gasteiger partial charge on any atom is -0.436 e. The Morgan fingerprint density at radius 2 is 1.57 bits per heavy atom. The van der Waals surface area contributed by atoms with Crippen LogP contribution in [-0.2, 0) is 0 Å². The van der Waals surface area contributed by atoms with Gasteiger partial charge in [-0.2, -0.15) is 10.2 Å². The van der Waals surface area contributed by atoms with Gasteiger partial charge in [-0.15, -0.1) is 0 Å². The van der Waals surface area contributed by atoms with Gasteiger partial charge in [0.15, 0.2) is 17.1 Å². The third-order valence-electron chi connectivity index (χ3n) is 4.69. The van der Waals surface area contributed by atoms with Crippen LogP contribution in [-0.4, -0.2) is 16.6 Å². The topological polar surface area (TPSA) is 97.1 Å². The SMILES string of the molecule is N#Cc1ccc(-c2nc3oc(C=C4C(=O)c5cc(Cl)c(Cl)cc5C4=O)cc3o2)cc1. The lowest BCUT2D eigenvalue weighted by Gasteiger charge is -1.98. The number of allylic oxidation sites excluding steroid dienone is 1. The summed E-state index contributed by atoms with van der Waals surface area (Å²) in [5.41, 5.74) is 2.16. The molecular formula is C22H8Cl2N2O4. The number of hydrogen-bond donors (Lipinski definition) is 0. The van der Waals surface area contributed by atoms with Gasteiger partial charge in [0.2, 0.25) is 5.89 Å². The Labute approximate surface area is 178 Å². The Balaban J connectivity index is 1.49. The fourth-order valence-corrected chi connectivity index (χ4v) is 3.55. The van der Waals surface area contributed by atoms with Crippen LogP contribution in [0, 0.1) is 11.3 Å². The predicted octanol–water partition coefficient (Wildman–Crippen LogP) is 5.73. The molecule has 8 heteroatoms. The Kier molecular flexibility index (Phi) is 4.10. The van der Waals surface area contributed by atoms with E-state index in [2.05, 4.69) is 4.98 Å². The Bertz CT molecular complexity index is 1380. The lowest BCUT2D eigenvalue weighted by molar-refractivity contribution is 0.0990. The van der Waals surface area contributed by atoms with Gasteiger partial charge in [0.1, 0.15) is 5.76 Å². The molecule has 0 atom stereocenters. The van der Waals surface area contributed by atoms with Gasteiger partial charge < -0.3 is 8.83 Å². The number of Topliss-reactive ketones (excluding diaryl/α,β-unsaturated/α-hetero) is 2. The van der Waals surface area contributed by atoms with Crippen LogP contribution in [0.15, 0.2) is 56.9 Å². The number of halogens is 2. The summed E-state index contributed by atoms with van der Waals surface area (Å²) >= 11 is 11.9. The molecule has 144 valence electrons. The monoisotopic (exact) mass is 434 g/mol. The minimum absolute atomic E-state index is 0.0490. The van der Waals surface area contributed by atoms with E-state index in [9.17, 15) is 9.59 Å². The van der Waals surface area contributed by atoms with Crippen LogP contribution in [0.2, 0.25) is 10.0 Å². The standard InChI is InChI=1S/C22H8Cl2N2O4/c23-16-7-13-14(8-17(16)24)20(28)15(19(13)27)5-12-6-18-22(29-12)26-21(30-18)11-3-1-10(9-25)2-4-11/h1-8H. The van der Waals surface area contributed by atoms with Crippen molar-refractivity contribution in [2.45, 2.75) is 0 Å². The van der Waals surface area contributed by atoms with Crippen molar-refractivity contribution in [3.8, 4) is 17.5 Å². The zero-order valence-electron chi connectivity index (χ0n) is 14.9. The molecule has 0 spiro atoms. The molecule has 2 heterocycles. The zero-order chi connectivity index (χ0) is 21.0. The molecule has 30 heavy (non-hydrogen) atoms. The molecule has 0 saturated heterocycles. The number of benzene rings is 2. The Hall–Kier alpha value is -3.66. The number of fused-ring (bicyclic) bond motifs is 2. The molecule has 0 radical (unpaired) electrons. The first-order chi connectivity index (χ1) is 14.4. The molecule has 0 unspecified atom stereocenters. The number of oxazole rings is 1. The van der Waals surface area contributed by atoms with Crippen LogP contribution in [0.25, 0.3) is 28.8 Å². The number of hydrogen-bond acceptors (Lipinski definition) is 6. The van der Waals surface area contributed by atoms with Crippen molar-refractivity contribution in [3.63, 3.8) is 0 Å². The Morgan fingerprint density at radius 3 is 2.13 bits per heavy atom. The predicted molar refractivity (Wildman–Crippen MR) is 110 cm³/mol. The second-order valence-corrected chi connectivity index (χ2v) is 7.37. The molecule has 0 aliphatic heterocycles. The fraction of sp³-hybridized carbons (Fsp3) is 0. The molecule has 2 aromatic carbocycles. The Morgan fingerprint density at radius 1 is 0.933 bits per heavy atom. The van der Waals surface area contributed by atoms with Gasteiger partial charge in [-0.25, -0.2) is 0 Å². The molecule has 0 fully saturated rings. The third kappa shape index (κ3) is 2.84. The highest BCUT2D eigenvalue weighted by Gasteiger charge is 2.34. The summed E-state index contributed by atoms with van der Waals surface area (Å²) in [5.74, 6) is -0.317. The van der Waals surface area contributed by atoms with E-state index >= 15 is 0 Å². The maximum Gasteiger partial charge on any atom is 0.266 e. The van der Waals surface area contributed by atoms with Crippen molar-refractivity contribution >= 4 is 52.1 Å². The quantitative estimate of drug-likeness (QED) is 0.295. The van der Waals surface area contributed by atoms with Crippen LogP contribution in [0.3, 0.4) is 0 Å². The normalized spacial score (nSPS) is 13.0. The molecule has 1 aliphatic rings. The highest BCUT2D eigenvalue weighted by molar-refractivity contribution is 6.46. The van der Waals surface area contributed by atoms with Gasteiger partial charge in [-0.05, 0) is 42.5 Å². The average Bonchev–Trinajstić information content (AvgIpc) is 3.37. The van der Waals surface area contributed by atoms with Gasteiger partial charge in [-0.3, -0.25) is 9.59 Å². The molecule has 6 nitrogen and oxygen atoms in total. The van der Waals surface area contributed by atoms with Crippen LogP contribution in [0.5, 0.6) is 0 Å². The number of furan rings is 1. The first kappa shape index (κ1) is 18.4. The van der Waals surface area contributed by atoms with Crippen molar-refractivity contribution in [2.24, 2.45) is 0 Å². The summed E-state index contributed by atoms with van der Waals surface area (Å²) in [6, 6.07) is 13.1. The first-order valence-electron chi connectivity index (χ1n) is 8.65. The lowest BCUT2D eigenvalue weighted by atomic mass is 10.1. The summed E-state index contributed by atoms with van der Waals surface area (Å²) in [5, 5.41) is 9.28. The molecule has 4 aromatic rings. The summed E-state index contributed by atoms with van der Waals surface area (Å²) in [4.78, 5) is 29.5. The smallest absolute Gasteiger partial charge is 0.266 e. The van der Waals surface area contributed by atoms with Gasteiger partial charge in [0, 0.05) is 22.8 Å². The van der Waals surface area contributed by atoms with Crippen molar-refractivity contribution in [2.75, 3.05) is 0 Å². The van der Waals surface area contributed by atoms with E-state index in [0.717, 1.165) is 0 Å². The number of nitriles is 1. The van der Waals surface area contributed by atoms with Crippen molar-refractivity contribution in [1.29, 1.82) is 5.26 Å². The number of ketones is 2.